The minimum absolute atomic E-state index is 0.303. The lowest BCUT2D eigenvalue weighted by molar-refractivity contribution is -0.113. The number of rotatable bonds is 5. The SMILES string of the molecule is CCOc1ccccc1N1C(=O)S/C(=C\c2ccc(C(=O)OC)cc2)C1=O. The van der Waals surface area contributed by atoms with E-state index >= 15 is 0 Å². The summed E-state index contributed by atoms with van der Waals surface area (Å²) >= 11 is 0.865. The fourth-order valence-corrected chi connectivity index (χ4v) is 3.41. The van der Waals surface area contributed by atoms with E-state index in [0.29, 0.717) is 34.1 Å². The fourth-order valence-electron chi connectivity index (χ4n) is 2.58. The van der Waals surface area contributed by atoms with Gasteiger partial charge in [0.05, 0.1) is 29.9 Å². The molecule has 0 N–H and O–H groups in total. The minimum Gasteiger partial charge on any atom is -0.492 e. The highest BCUT2D eigenvalue weighted by Crippen LogP contribution is 2.39. The number of hydrogen-bond donors (Lipinski definition) is 0. The van der Waals surface area contributed by atoms with Gasteiger partial charge < -0.3 is 9.47 Å². The molecule has 1 fully saturated rings. The number of benzene rings is 2. The van der Waals surface area contributed by atoms with Crippen LogP contribution in [0.2, 0.25) is 0 Å². The Morgan fingerprint density at radius 3 is 2.48 bits per heavy atom. The summed E-state index contributed by atoms with van der Waals surface area (Å²) in [6.07, 6.45) is 1.62. The largest absolute Gasteiger partial charge is 0.492 e. The lowest BCUT2D eigenvalue weighted by atomic mass is 10.1. The first kappa shape index (κ1) is 18.7. The molecule has 0 bridgehead atoms. The van der Waals surface area contributed by atoms with E-state index in [-0.39, 0.29) is 5.24 Å². The van der Waals surface area contributed by atoms with Gasteiger partial charge in [-0.25, -0.2) is 9.69 Å². The number of thioether (sulfide) groups is 1. The molecule has 1 aliphatic rings. The van der Waals surface area contributed by atoms with E-state index in [1.165, 1.54) is 7.11 Å². The van der Waals surface area contributed by atoms with E-state index in [4.69, 9.17) is 4.74 Å². The number of amides is 2. The number of carbonyl (C=O) groups excluding carboxylic acids is 3. The maximum atomic E-state index is 12.8. The molecule has 7 heteroatoms. The molecule has 0 saturated carbocycles. The Kier molecular flexibility index (Phi) is 5.61. The fraction of sp³-hybridized carbons (Fsp3) is 0.150. The van der Waals surface area contributed by atoms with E-state index in [1.54, 1.807) is 54.6 Å². The molecule has 0 radical (unpaired) electrons. The second-order valence-corrected chi connectivity index (χ2v) is 6.52. The molecule has 2 aromatic rings. The van der Waals surface area contributed by atoms with Gasteiger partial charge in [-0.05, 0) is 54.6 Å². The van der Waals surface area contributed by atoms with Crippen LogP contribution >= 0.6 is 11.8 Å². The van der Waals surface area contributed by atoms with Crippen molar-refractivity contribution >= 4 is 40.6 Å². The quantitative estimate of drug-likeness (QED) is 0.571. The Hall–Kier alpha value is -3.06. The minimum atomic E-state index is -0.436. The molecule has 2 amide bonds. The van der Waals surface area contributed by atoms with Gasteiger partial charge in [-0.1, -0.05) is 24.3 Å². The zero-order chi connectivity index (χ0) is 19.4. The lowest BCUT2D eigenvalue weighted by Crippen LogP contribution is -2.28. The van der Waals surface area contributed by atoms with E-state index < -0.39 is 11.9 Å². The molecule has 0 aliphatic carbocycles. The second-order valence-electron chi connectivity index (χ2n) is 5.53. The van der Waals surface area contributed by atoms with Crippen molar-refractivity contribution in [2.75, 3.05) is 18.6 Å². The van der Waals surface area contributed by atoms with Crippen LogP contribution in [0.25, 0.3) is 6.08 Å². The molecule has 3 rings (SSSR count). The van der Waals surface area contributed by atoms with Crippen molar-refractivity contribution < 1.29 is 23.9 Å². The van der Waals surface area contributed by atoms with Crippen molar-refractivity contribution in [2.24, 2.45) is 0 Å². The van der Waals surface area contributed by atoms with E-state index in [2.05, 4.69) is 4.74 Å². The van der Waals surface area contributed by atoms with Crippen LogP contribution in [0, 0.1) is 0 Å². The summed E-state index contributed by atoms with van der Waals surface area (Å²) in [5, 5.41) is -0.385. The molecular formula is C20H17NO5S. The summed E-state index contributed by atoms with van der Waals surface area (Å²) in [7, 11) is 1.31. The van der Waals surface area contributed by atoms with Crippen molar-refractivity contribution in [3.05, 3.63) is 64.6 Å². The first-order valence-corrected chi connectivity index (χ1v) is 9.05. The smallest absolute Gasteiger partial charge is 0.337 e. The summed E-state index contributed by atoms with van der Waals surface area (Å²) in [6, 6.07) is 13.5. The molecule has 0 spiro atoms. The molecule has 1 aliphatic heterocycles. The van der Waals surface area contributed by atoms with E-state index in [1.807, 2.05) is 6.92 Å². The average molecular weight is 383 g/mol. The zero-order valence-electron chi connectivity index (χ0n) is 14.8. The Bertz CT molecular complexity index is 920. The Morgan fingerprint density at radius 1 is 1.11 bits per heavy atom. The molecule has 138 valence electrons. The maximum Gasteiger partial charge on any atom is 0.337 e. The van der Waals surface area contributed by atoms with Crippen LogP contribution in [-0.4, -0.2) is 30.8 Å². The molecular weight excluding hydrogens is 366 g/mol. The highest BCUT2D eigenvalue weighted by atomic mass is 32.2. The summed E-state index contributed by atoms with van der Waals surface area (Å²) < 4.78 is 10.2. The third-order valence-electron chi connectivity index (χ3n) is 3.83. The normalized spacial score (nSPS) is 15.3. The van der Waals surface area contributed by atoms with Crippen molar-refractivity contribution in [3.8, 4) is 5.75 Å². The van der Waals surface area contributed by atoms with Gasteiger partial charge in [0.15, 0.2) is 0 Å². The molecule has 0 atom stereocenters. The topological polar surface area (TPSA) is 72.9 Å². The van der Waals surface area contributed by atoms with Gasteiger partial charge in [0, 0.05) is 0 Å². The Balaban J connectivity index is 1.88. The molecule has 1 heterocycles. The number of nitrogens with zero attached hydrogens (tertiary/aromatic N) is 1. The third kappa shape index (κ3) is 3.88. The van der Waals surface area contributed by atoms with Gasteiger partial charge in [0.2, 0.25) is 0 Å². The summed E-state index contributed by atoms with van der Waals surface area (Å²) in [4.78, 5) is 38.1. The number of hydrogen-bond acceptors (Lipinski definition) is 6. The summed E-state index contributed by atoms with van der Waals surface area (Å²) in [5.74, 6) is -0.366. The van der Waals surface area contributed by atoms with Crippen LogP contribution in [0.1, 0.15) is 22.8 Å². The van der Waals surface area contributed by atoms with Crippen LogP contribution < -0.4 is 9.64 Å². The first-order chi connectivity index (χ1) is 13.0. The van der Waals surface area contributed by atoms with Gasteiger partial charge in [0.25, 0.3) is 11.1 Å². The van der Waals surface area contributed by atoms with Crippen molar-refractivity contribution in [1.82, 2.24) is 0 Å². The summed E-state index contributed by atoms with van der Waals surface area (Å²) in [5.41, 5.74) is 1.53. The van der Waals surface area contributed by atoms with Crippen LogP contribution in [-0.2, 0) is 9.53 Å². The van der Waals surface area contributed by atoms with Gasteiger partial charge in [-0.15, -0.1) is 0 Å². The second kappa shape index (κ2) is 8.09. The highest BCUT2D eigenvalue weighted by Gasteiger charge is 2.37. The maximum absolute atomic E-state index is 12.8. The van der Waals surface area contributed by atoms with E-state index in [0.717, 1.165) is 16.7 Å². The van der Waals surface area contributed by atoms with Gasteiger partial charge in [-0.2, -0.15) is 0 Å². The molecule has 6 nitrogen and oxygen atoms in total. The number of para-hydroxylation sites is 2. The highest BCUT2D eigenvalue weighted by molar-refractivity contribution is 8.19. The van der Waals surface area contributed by atoms with Crippen LogP contribution in [0.4, 0.5) is 10.5 Å². The molecule has 0 aromatic heterocycles. The number of carbonyl (C=O) groups is 3. The van der Waals surface area contributed by atoms with Crippen molar-refractivity contribution in [3.63, 3.8) is 0 Å². The van der Waals surface area contributed by atoms with Gasteiger partial charge in [-0.3, -0.25) is 9.59 Å². The van der Waals surface area contributed by atoms with Crippen LogP contribution in [0.5, 0.6) is 5.75 Å². The third-order valence-corrected chi connectivity index (χ3v) is 4.70. The number of imide groups is 1. The molecule has 27 heavy (non-hydrogen) atoms. The lowest BCUT2D eigenvalue weighted by Gasteiger charge is -2.16. The predicted octanol–water partition coefficient (Wildman–Crippen LogP) is 4.11. The summed E-state index contributed by atoms with van der Waals surface area (Å²) in [6.45, 7) is 2.26. The molecule has 0 unspecified atom stereocenters. The first-order valence-electron chi connectivity index (χ1n) is 8.23. The molecule has 1 saturated heterocycles. The van der Waals surface area contributed by atoms with E-state index in [9.17, 15) is 14.4 Å². The number of anilines is 1. The van der Waals surface area contributed by atoms with Gasteiger partial charge >= 0.3 is 5.97 Å². The van der Waals surface area contributed by atoms with Crippen molar-refractivity contribution in [2.45, 2.75) is 6.92 Å². The number of methoxy groups -OCH3 is 1. The Labute approximate surface area is 160 Å². The molecule has 2 aromatic carbocycles. The number of ether oxygens (including phenoxy) is 2. The zero-order valence-corrected chi connectivity index (χ0v) is 15.6. The van der Waals surface area contributed by atoms with Gasteiger partial charge in [0.1, 0.15) is 5.75 Å². The monoisotopic (exact) mass is 383 g/mol. The average Bonchev–Trinajstić information content (AvgIpc) is 2.96. The van der Waals surface area contributed by atoms with Crippen LogP contribution in [0.15, 0.2) is 53.4 Å². The van der Waals surface area contributed by atoms with Crippen LogP contribution in [0.3, 0.4) is 0 Å². The van der Waals surface area contributed by atoms with Crippen molar-refractivity contribution in [1.29, 1.82) is 0 Å². The number of esters is 1. The standard InChI is InChI=1S/C20H17NO5S/c1-3-26-16-7-5-4-6-15(16)21-18(22)17(27-20(21)24)12-13-8-10-14(11-9-13)19(23)25-2/h4-12H,3H2,1-2H3/b17-12-. The Morgan fingerprint density at radius 2 is 1.81 bits per heavy atom. The predicted molar refractivity (Wildman–Crippen MR) is 104 cm³/mol.